The zero-order chi connectivity index (χ0) is 18.1. The molecule has 2 amide bonds. The highest BCUT2D eigenvalue weighted by atomic mass is 16.2. The predicted octanol–water partition coefficient (Wildman–Crippen LogP) is 2.81. The Morgan fingerprint density at radius 3 is 2.81 bits per heavy atom. The van der Waals surface area contributed by atoms with Crippen LogP contribution in [0.5, 0.6) is 0 Å². The number of anilines is 1. The number of aryl methyl sites for hydroxylation is 1. The fraction of sp³-hybridized carbons (Fsp3) is 0.381. The van der Waals surface area contributed by atoms with Crippen molar-refractivity contribution >= 4 is 17.5 Å². The van der Waals surface area contributed by atoms with Gasteiger partial charge in [-0.15, -0.1) is 0 Å². The minimum atomic E-state index is -0.0186. The van der Waals surface area contributed by atoms with Gasteiger partial charge in [-0.3, -0.25) is 14.6 Å². The lowest BCUT2D eigenvalue weighted by atomic mass is 10.0. The summed E-state index contributed by atoms with van der Waals surface area (Å²) in [5.41, 5.74) is 2.95. The molecule has 2 heterocycles. The number of aromatic nitrogens is 1. The van der Waals surface area contributed by atoms with Crippen molar-refractivity contribution in [2.24, 2.45) is 11.3 Å². The number of carbonyl (C=O) groups is 2. The molecule has 1 saturated heterocycles. The number of carbonyl (C=O) groups excluding carboxylic acids is 2. The number of hydrogen-bond acceptors (Lipinski definition) is 3. The van der Waals surface area contributed by atoms with Crippen molar-refractivity contribution < 1.29 is 9.59 Å². The van der Waals surface area contributed by atoms with Crippen molar-refractivity contribution in [3.8, 4) is 0 Å². The highest BCUT2D eigenvalue weighted by Crippen LogP contribution is 2.58. The summed E-state index contributed by atoms with van der Waals surface area (Å²) in [5.74, 6) is 0.203. The number of rotatable bonds is 4. The van der Waals surface area contributed by atoms with Crippen LogP contribution >= 0.6 is 0 Å². The molecule has 4 rings (SSSR count). The van der Waals surface area contributed by atoms with Gasteiger partial charge in [0, 0.05) is 30.6 Å². The second-order valence-electron chi connectivity index (χ2n) is 7.58. The van der Waals surface area contributed by atoms with Crippen LogP contribution in [0.15, 0.2) is 48.8 Å². The van der Waals surface area contributed by atoms with Gasteiger partial charge in [-0.05, 0) is 37.5 Å². The summed E-state index contributed by atoms with van der Waals surface area (Å²) in [4.78, 5) is 31.0. The van der Waals surface area contributed by atoms with E-state index in [1.54, 1.807) is 18.5 Å². The second kappa shape index (κ2) is 6.56. The summed E-state index contributed by atoms with van der Waals surface area (Å²) in [7, 11) is 0. The van der Waals surface area contributed by atoms with Crippen LogP contribution in [0, 0.1) is 18.3 Å². The van der Waals surface area contributed by atoms with E-state index in [2.05, 4.69) is 10.3 Å². The Kier molecular flexibility index (Phi) is 4.23. The van der Waals surface area contributed by atoms with E-state index < -0.39 is 0 Å². The Bertz CT molecular complexity index is 819. The highest BCUT2D eigenvalue weighted by Gasteiger charge is 2.61. The molecule has 0 unspecified atom stereocenters. The van der Waals surface area contributed by atoms with Gasteiger partial charge in [-0.1, -0.05) is 29.8 Å². The molecule has 2 fully saturated rings. The van der Waals surface area contributed by atoms with Crippen LogP contribution in [0.2, 0.25) is 0 Å². The van der Waals surface area contributed by atoms with Crippen LogP contribution in [0.25, 0.3) is 0 Å². The van der Waals surface area contributed by atoms with Gasteiger partial charge in [-0.25, -0.2) is 0 Å². The first kappa shape index (κ1) is 16.8. The molecule has 1 aromatic heterocycles. The van der Waals surface area contributed by atoms with E-state index in [1.165, 1.54) is 5.56 Å². The molecule has 0 bridgehead atoms. The van der Waals surface area contributed by atoms with Gasteiger partial charge in [0.2, 0.25) is 11.8 Å². The van der Waals surface area contributed by atoms with Gasteiger partial charge in [0.15, 0.2) is 0 Å². The van der Waals surface area contributed by atoms with E-state index in [9.17, 15) is 9.59 Å². The van der Waals surface area contributed by atoms with Gasteiger partial charge in [0.05, 0.1) is 18.3 Å². The Hall–Kier alpha value is -2.69. The lowest BCUT2D eigenvalue weighted by molar-refractivity contribution is -0.129. The van der Waals surface area contributed by atoms with Gasteiger partial charge in [0.25, 0.3) is 0 Å². The first-order chi connectivity index (χ1) is 12.6. The zero-order valence-electron chi connectivity index (χ0n) is 14.9. The molecule has 5 nitrogen and oxygen atoms in total. The van der Waals surface area contributed by atoms with Crippen LogP contribution < -0.4 is 5.32 Å². The van der Waals surface area contributed by atoms with Gasteiger partial charge < -0.3 is 10.2 Å². The second-order valence-corrected chi connectivity index (χ2v) is 7.58. The quantitative estimate of drug-likeness (QED) is 0.923. The fourth-order valence-corrected chi connectivity index (χ4v) is 3.94. The largest absolute Gasteiger partial charge is 0.342 e. The molecule has 1 spiro atoms. The number of nitrogens with one attached hydrogen (secondary N) is 1. The molecule has 0 radical (unpaired) electrons. The fourth-order valence-electron chi connectivity index (χ4n) is 3.94. The molecule has 26 heavy (non-hydrogen) atoms. The molecule has 1 N–H and O–H groups in total. The van der Waals surface area contributed by atoms with E-state index in [4.69, 9.17) is 0 Å². The molecule has 1 saturated carbocycles. The smallest absolute Gasteiger partial charge is 0.228 e. The monoisotopic (exact) mass is 349 g/mol. The minimum Gasteiger partial charge on any atom is -0.342 e. The Labute approximate surface area is 153 Å². The average molecular weight is 349 g/mol. The Balaban J connectivity index is 1.33. The molecule has 1 aliphatic heterocycles. The van der Waals surface area contributed by atoms with E-state index in [0.717, 1.165) is 30.6 Å². The van der Waals surface area contributed by atoms with Crippen LogP contribution in [-0.2, 0) is 16.0 Å². The number of benzene rings is 1. The van der Waals surface area contributed by atoms with Crippen molar-refractivity contribution in [1.29, 1.82) is 0 Å². The molecule has 2 aliphatic rings. The minimum absolute atomic E-state index is 0.000110. The highest BCUT2D eigenvalue weighted by molar-refractivity contribution is 5.95. The van der Waals surface area contributed by atoms with Gasteiger partial charge in [0.1, 0.15) is 0 Å². The van der Waals surface area contributed by atoms with Crippen LogP contribution in [-0.4, -0.2) is 34.8 Å². The van der Waals surface area contributed by atoms with E-state index in [1.807, 2.05) is 42.2 Å². The topological polar surface area (TPSA) is 62.3 Å². The number of hydrogen-bond donors (Lipinski definition) is 1. The van der Waals surface area contributed by atoms with E-state index in [-0.39, 0.29) is 23.1 Å². The standard InChI is InChI=1S/C21H23N3O2/c1-15-4-6-16(7-5-15)11-19(25)24-10-8-21(14-24)12-18(21)20(26)23-17-3-2-9-22-13-17/h2-7,9,13,18H,8,10-12,14H2,1H3,(H,23,26)/t18-,21-/m1/s1. The SMILES string of the molecule is Cc1ccc(CC(=O)N2CC[C@@]3(C[C@@H]3C(=O)Nc3cccnc3)C2)cc1. The summed E-state index contributed by atoms with van der Waals surface area (Å²) >= 11 is 0. The van der Waals surface area contributed by atoms with E-state index >= 15 is 0 Å². The third-order valence-corrected chi connectivity index (χ3v) is 5.65. The van der Waals surface area contributed by atoms with Gasteiger partial charge in [-0.2, -0.15) is 0 Å². The number of nitrogens with zero attached hydrogens (tertiary/aromatic N) is 2. The van der Waals surface area contributed by atoms with Crippen molar-refractivity contribution in [3.05, 3.63) is 59.9 Å². The summed E-state index contributed by atoms with van der Waals surface area (Å²) in [6.07, 6.45) is 5.55. The maximum atomic E-state index is 12.6. The van der Waals surface area contributed by atoms with Crippen LogP contribution in [0.1, 0.15) is 24.0 Å². The molecular weight excluding hydrogens is 326 g/mol. The molecule has 2 aromatic rings. The zero-order valence-corrected chi connectivity index (χ0v) is 14.9. The predicted molar refractivity (Wildman–Crippen MR) is 99.5 cm³/mol. The molecule has 5 heteroatoms. The number of amides is 2. The molecule has 2 atom stereocenters. The maximum absolute atomic E-state index is 12.6. The Morgan fingerprint density at radius 1 is 1.27 bits per heavy atom. The molecule has 134 valence electrons. The van der Waals surface area contributed by atoms with Crippen LogP contribution in [0.4, 0.5) is 5.69 Å². The first-order valence-corrected chi connectivity index (χ1v) is 9.10. The average Bonchev–Trinajstić information content (AvgIpc) is 3.18. The summed E-state index contributed by atoms with van der Waals surface area (Å²) in [5, 5.41) is 2.94. The van der Waals surface area contributed by atoms with Crippen molar-refractivity contribution in [2.45, 2.75) is 26.2 Å². The van der Waals surface area contributed by atoms with E-state index in [0.29, 0.717) is 13.0 Å². The lowest BCUT2D eigenvalue weighted by Gasteiger charge is -2.17. The molecule has 1 aliphatic carbocycles. The third-order valence-electron chi connectivity index (χ3n) is 5.65. The normalized spacial score (nSPS) is 23.9. The lowest BCUT2D eigenvalue weighted by Crippen LogP contribution is -2.31. The van der Waals surface area contributed by atoms with Crippen molar-refractivity contribution in [1.82, 2.24) is 9.88 Å². The van der Waals surface area contributed by atoms with Gasteiger partial charge >= 0.3 is 0 Å². The third kappa shape index (κ3) is 3.34. The number of pyridine rings is 1. The number of likely N-dealkylation sites (tertiary alicyclic amines) is 1. The maximum Gasteiger partial charge on any atom is 0.228 e. The Morgan fingerprint density at radius 2 is 2.08 bits per heavy atom. The van der Waals surface area contributed by atoms with Crippen LogP contribution in [0.3, 0.4) is 0 Å². The first-order valence-electron chi connectivity index (χ1n) is 9.10. The summed E-state index contributed by atoms with van der Waals surface area (Å²) in [6.45, 7) is 3.49. The summed E-state index contributed by atoms with van der Waals surface area (Å²) < 4.78 is 0. The van der Waals surface area contributed by atoms with Crippen molar-refractivity contribution in [3.63, 3.8) is 0 Å². The summed E-state index contributed by atoms with van der Waals surface area (Å²) in [6, 6.07) is 11.7. The molecule has 1 aromatic carbocycles. The van der Waals surface area contributed by atoms with Crippen molar-refractivity contribution in [2.75, 3.05) is 18.4 Å². The molecular formula is C21H23N3O2.